The highest BCUT2D eigenvalue weighted by molar-refractivity contribution is 9.09. The molecule has 0 aliphatic carbocycles. The number of rotatable bonds is 9. The number of hydrogen-bond acceptors (Lipinski definition) is 2. The Morgan fingerprint density at radius 1 is 1.40 bits per heavy atom. The summed E-state index contributed by atoms with van der Waals surface area (Å²) in [6.45, 7) is 6.22. The maximum absolute atomic E-state index is 11.2. The summed E-state index contributed by atoms with van der Waals surface area (Å²) in [7, 11) is 0. The van der Waals surface area contributed by atoms with Gasteiger partial charge in [-0.05, 0) is 18.8 Å². The summed E-state index contributed by atoms with van der Waals surface area (Å²) < 4.78 is 5.35. The minimum Gasteiger partial charge on any atom is -0.379 e. The van der Waals surface area contributed by atoms with Crippen LogP contribution in [0.4, 0.5) is 0 Å². The van der Waals surface area contributed by atoms with Crippen LogP contribution in [0.1, 0.15) is 33.1 Å². The molecule has 0 saturated carbocycles. The van der Waals surface area contributed by atoms with Crippen LogP contribution in [0.2, 0.25) is 0 Å². The van der Waals surface area contributed by atoms with E-state index in [2.05, 4.69) is 35.1 Å². The minimum atomic E-state index is 0.129. The molecule has 0 atom stereocenters. The van der Waals surface area contributed by atoms with Crippen molar-refractivity contribution >= 4 is 21.8 Å². The van der Waals surface area contributed by atoms with E-state index in [9.17, 15) is 4.79 Å². The molecule has 0 aliphatic heterocycles. The van der Waals surface area contributed by atoms with Crippen LogP contribution in [0, 0.1) is 5.92 Å². The first kappa shape index (κ1) is 14.9. The summed E-state index contributed by atoms with van der Waals surface area (Å²) in [5.74, 6) is 0.684. The van der Waals surface area contributed by atoms with Gasteiger partial charge in [-0.1, -0.05) is 29.8 Å². The fourth-order valence-corrected chi connectivity index (χ4v) is 1.45. The van der Waals surface area contributed by atoms with Gasteiger partial charge in [0.25, 0.3) is 0 Å². The Labute approximate surface area is 101 Å². The molecule has 0 fully saturated rings. The van der Waals surface area contributed by atoms with E-state index in [-0.39, 0.29) is 5.91 Å². The van der Waals surface area contributed by atoms with Gasteiger partial charge in [0.05, 0.1) is 6.61 Å². The monoisotopic (exact) mass is 279 g/mol. The predicted molar refractivity (Wildman–Crippen MR) is 66.3 cm³/mol. The van der Waals surface area contributed by atoms with E-state index >= 15 is 0 Å². The van der Waals surface area contributed by atoms with Crippen molar-refractivity contribution in [2.75, 3.05) is 25.1 Å². The molecule has 0 spiro atoms. The van der Waals surface area contributed by atoms with Crippen LogP contribution in [-0.2, 0) is 9.53 Å². The van der Waals surface area contributed by atoms with Crippen LogP contribution >= 0.6 is 15.9 Å². The van der Waals surface area contributed by atoms with Gasteiger partial charge in [-0.3, -0.25) is 4.79 Å². The van der Waals surface area contributed by atoms with Crippen molar-refractivity contribution in [2.45, 2.75) is 33.1 Å². The lowest BCUT2D eigenvalue weighted by Crippen LogP contribution is -2.27. The number of hydrogen-bond donors (Lipinski definition) is 1. The molecule has 0 unspecified atom stereocenters. The molecule has 0 aliphatic rings. The quantitative estimate of drug-likeness (QED) is 0.520. The number of unbranched alkanes of at least 4 members (excludes halogenated alkanes) is 1. The van der Waals surface area contributed by atoms with E-state index in [0.717, 1.165) is 24.8 Å². The highest BCUT2D eigenvalue weighted by Crippen LogP contribution is 1.98. The van der Waals surface area contributed by atoms with Gasteiger partial charge < -0.3 is 10.1 Å². The maximum Gasteiger partial charge on any atom is 0.220 e. The summed E-state index contributed by atoms with van der Waals surface area (Å²) in [5, 5.41) is 3.81. The van der Waals surface area contributed by atoms with Crippen molar-refractivity contribution in [3.63, 3.8) is 0 Å². The van der Waals surface area contributed by atoms with E-state index in [0.29, 0.717) is 25.5 Å². The van der Waals surface area contributed by atoms with E-state index in [1.54, 1.807) is 0 Å². The second kappa shape index (κ2) is 10.4. The minimum absolute atomic E-state index is 0.129. The number of ether oxygens (including phenoxy) is 1. The van der Waals surface area contributed by atoms with Gasteiger partial charge in [0.15, 0.2) is 0 Å². The molecule has 15 heavy (non-hydrogen) atoms. The SMILES string of the molecule is CC(C)COCCNC(=O)CCCCBr. The highest BCUT2D eigenvalue weighted by Gasteiger charge is 1.99. The maximum atomic E-state index is 11.2. The third-order valence-corrected chi connectivity index (χ3v) is 2.37. The smallest absolute Gasteiger partial charge is 0.220 e. The van der Waals surface area contributed by atoms with Crippen molar-refractivity contribution in [1.29, 1.82) is 0 Å². The summed E-state index contributed by atoms with van der Waals surface area (Å²) >= 11 is 3.33. The molecular weight excluding hydrogens is 258 g/mol. The Morgan fingerprint density at radius 3 is 2.73 bits per heavy atom. The molecule has 0 bridgehead atoms. The molecule has 0 aromatic rings. The lowest BCUT2D eigenvalue weighted by atomic mass is 10.2. The van der Waals surface area contributed by atoms with Crippen molar-refractivity contribution in [1.82, 2.24) is 5.32 Å². The van der Waals surface area contributed by atoms with Crippen molar-refractivity contribution < 1.29 is 9.53 Å². The molecule has 0 rings (SSSR count). The fourth-order valence-electron chi connectivity index (χ4n) is 1.05. The van der Waals surface area contributed by atoms with E-state index < -0.39 is 0 Å². The van der Waals surface area contributed by atoms with Gasteiger partial charge in [-0.2, -0.15) is 0 Å². The summed E-state index contributed by atoms with van der Waals surface area (Å²) in [5.41, 5.74) is 0. The van der Waals surface area contributed by atoms with Crippen LogP contribution < -0.4 is 5.32 Å². The standard InChI is InChI=1S/C11H22BrNO2/c1-10(2)9-15-8-7-13-11(14)5-3-4-6-12/h10H,3-9H2,1-2H3,(H,13,14). The molecule has 0 aromatic heterocycles. The molecule has 4 heteroatoms. The number of amides is 1. The molecule has 0 heterocycles. The Bertz CT molecular complexity index is 163. The average Bonchev–Trinajstić information content (AvgIpc) is 2.17. The predicted octanol–water partition coefficient (Wildman–Crippen LogP) is 2.34. The molecule has 1 N–H and O–H groups in total. The average molecular weight is 280 g/mol. The second-order valence-electron chi connectivity index (χ2n) is 3.96. The highest BCUT2D eigenvalue weighted by atomic mass is 79.9. The van der Waals surface area contributed by atoms with Crippen molar-refractivity contribution in [3.05, 3.63) is 0 Å². The first-order valence-electron chi connectivity index (χ1n) is 5.57. The van der Waals surface area contributed by atoms with Crippen LogP contribution in [0.15, 0.2) is 0 Å². The zero-order valence-electron chi connectivity index (χ0n) is 9.72. The fraction of sp³-hybridized carbons (Fsp3) is 0.909. The summed E-state index contributed by atoms with van der Waals surface area (Å²) in [6, 6.07) is 0. The van der Waals surface area contributed by atoms with Gasteiger partial charge in [0.2, 0.25) is 5.91 Å². The third kappa shape index (κ3) is 11.8. The molecular formula is C11H22BrNO2. The third-order valence-electron chi connectivity index (χ3n) is 1.81. The number of halogens is 1. The molecule has 3 nitrogen and oxygen atoms in total. The van der Waals surface area contributed by atoms with E-state index in [4.69, 9.17) is 4.74 Å². The van der Waals surface area contributed by atoms with Crippen LogP contribution in [-0.4, -0.2) is 31.0 Å². The first-order valence-corrected chi connectivity index (χ1v) is 6.69. The van der Waals surface area contributed by atoms with Crippen molar-refractivity contribution in [3.8, 4) is 0 Å². The second-order valence-corrected chi connectivity index (χ2v) is 4.76. The van der Waals surface area contributed by atoms with Gasteiger partial charge in [-0.25, -0.2) is 0 Å². The van der Waals surface area contributed by atoms with Crippen LogP contribution in [0.5, 0.6) is 0 Å². The molecule has 0 aromatic carbocycles. The zero-order valence-corrected chi connectivity index (χ0v) is 11.3. The largest absolute Gasteiger partial charge is 0.379 e. The molecule has 1 amide bonds. The first-order chi connectivity index (χ1) is 7.16. The van der Waals surface area contributed by atoms with E-state index in [1.165, 1.54) is 0 Å². The number of alkyl halides is 1. The van der Waals surface area contributed by atoms with Crippen molar-refractivity contribution in [2.24, 2.45) is 5.92 Å². The normalized spacial score (nSPS) is 10.7. The van der Waals surface area contributed by atoms with E-state index in [1.807, 2.05) is 0 Å². The summed E-state index contributed by atoms with van der Waals surface area (Å²) in [4.78, 5) is 11.2. The molecule has 0 saturated heterocycles. The van der Waals surface area contributed by atoms with Gasteiger partial charge >= 0.3 is 0 Å². The zero-order chi connectivity index (χ0) is 11.5. The lowest BCUT2D eigenvalue weighted by Gasteiger charge is -2.07. The molecule has 90 valence electrons. The Kier molecular flexibility index (Phi) is 10.4. The Balaban J connectivity index is 3.17. The van der Waals surface area contributed by atoms with Crippen LogP contribution in [0.25, 0.3) is 0 Å². The molecule has 0 radical (unpaired) electrons. The number of carbonyl (C=O) groups is 1. The summed E-state index contributed by atoms with van der Waals surface area (Å²) in [6.07, 6.45) is 2.62. The Morgan fingerprint density at radius 2 is 2.13 bits per heavy atom. The van der Waals surface area contributed by atoms with Crippen LogP contribution in [0.3, 0.4) is 0 Å². The van der Waals surface area contributed by atoms with Gasteiger partial charge in [-0.15, -0.1) is 0 Å². The number of nitrogens with one attached hydrogen (secondary N) is 1. The lowest BCUT2D eigenvalue weighted by molar-refractivity contribution is -0.121. The van der Waals surface area contributed by atoms with Gasteiger partial charge in [0.1, 0.15) is 0 Å². The van der Waals surface area contributed by atoms with Gasteiger partial charge in [0, 0.05) is 24.9 Å². The number of carbonyl (C=O) groups excluding carboxylic acids is 1. The Hall–Kier alpha value is -0.0900. The topological polar surface area (TPSA) is 38.3 Å².